The van der Waals surface area contributed by atoms with E-state index in [9.17, 15) is 4.79 Å². The number of rotatable bonds is 2. The van der Waals surface area contributed by atoms with E-state index in [0.29, 0.717) is 0 Å². The lowest BCUT2D eigenvalue weighted by Crippen LogP contribution is -2.37. The number of morpholine rings is 1. The second-order valence-electron chi connectivity index (χ2n) is 7.78. The van der Waals surface area contributed by atoms with Crippen molar-refractivity contribution in [2.45, 2.75) is 52.2 Å². The van der Waals surface area contributed by atoms with E-state index < -0.39 is 5.60 Å². The van der Waals surface area contributed by atoms with Gasteiger partial charge >= 0.3 is 6.09 Å². The summed E-state index contributed by atoms with van der Waals surface area (Å²) in [4.78, 5) is 21.4. The van der Waals surface area contributed by atoms with Crippen LogP contribution in [0.3, 0.4) is 0 Å². The van der Waals surface area contributed by atoms with E-state index in [-0.39, 0.29) is 12.1 Å². The third-order valence-corrected chi connectivity index (χ3v) is 4.69. The van der Waals surface area contributed by atoms with Crippen LogP contribution in [0.5, 0.6) is 0 Å². The molecule has 2 aliphatic rings. The maximum absolute atomic E-state index is 12.5. The highest BCUT2D eigenvalue weighted by Gasteiger charge is 2.34. The molecule has 0 radical (unpaired) electrons. The fourth-order valence-electron chi connectivity index (χ4n) is 3.51. The molecule has 138 valence electrons. The lowest BCUT2D eigenvalue weighted by Gasteiger charge is -2.31. The summed E-state index contributed by atoms with van der Waals surface area (Å²) in [6.07, 6.45) is 1.72. The summed E-state index contributed by atoms with van der Waals surface area (Å²) in [6.45, 7) is 11.7. The minimum absolute atomic E-state index is 0.0566. The number of aromatic nitrogens is 1. The van der Waals surface area contributed by atoms with Crippen LogP contribution >= 0.6 is 0 Å². The SMILES string of the molecule is Cc1nc(N2CCOCC2)ccc1[C@@H]1CCCN1C(=O)OC(C)(C)C. The van der Waals surface area contributed by atoms with Gasteiger partial charge in [0.2, 0.25) is 0 Å². The van der Waals surface area contributed by atoms with Gasteiger partial charge in [-0.1, -0.05) is 6.07 Å². The Morgan fingerprint density at radius 2 is 1.96 bits per heavy atom. The number of pyridine rings is 1. The first-order valence-electron chi connectivity index (χ1n) is 9.15. The molecular formula is C19H29N3O3. The third-order valence-electron chi connectivity index (χ3n) is 4.69. The topological polar surface area (TPSA) is 54.9 Å². The van der Waals surface area contributed by atoms with Crippen molar-refractivity contribution in [3.63, 3.8) is 0 Å². The van der Waals surface area contributed by atoms with E-state index in [1.165, 1.54) is 0 Å². The van der Waals surface area contributed by atoms with E-state index in [0.717, 1.165) is 62.8 Å². The average Bonchev–Trinajstić information content (AvgIpc) is 3.03. The molecule has 3 rings (SSSR count). The van der Waals surface area contributed by atoms with Crippen LogP contribution in [0, 0.1) is 6.92 Å². The second-order valence-corrected chi connectivity index (χ2v) is 7.78. The monoisotopic (exact) mass is 347 g/mol. The maximum atomic E-state index is 12.5. The van der Waals surface area contributed by atoms with Crippen LogP contribution < -0.4 is 4.90 Å². The van der Waals surface area contributed by atoms with Gasteiger partial charge in [0.05, 0.1) is 19.3 Å². The molecule has 25 heavy (non-hydrogen) atoms. The van der Waals surface area contributed by atoms with Gasteiger partial charge in [-0.15, -0.1) is 0 Å². The van der Waals surface area contributed by atoms with Crippen molar-refractivity contribution in [3.05, 3.63) is 23.4 Å². The number of anilines is 1. The van der Waals surface area contributed by atoms with Gasteiger partial charge in [-0.2, -0.15) is 0 Å². The van der Waals surface area contributed by atoms with Crippen molar-refractivity contribution in [2.24, 2.45) is 0 Å². The van der Waals surface area contributed by atoms with Crippen LogP contribution in [-0.2, 0) is 9.47 Å². The predicted octanol–water partition coefficient (Wildman–Crippen LogP) is 3.30. The van der Waals surface area contributed by atoms with Crippen molar-refractivity contribution in [1.29, 1.82) is 0 Å². The van der Waals surface area contributed by atoms with Gasteiger partial charge < -0.3 is 19.3 Å². The molecule has 0 aromatic carbocycles. The first kappa shape index (κ1) is 18.0. The normalized spacial score (nSPS) is 21.5. The summed E-state index contributed by atoms with van der Waals surface area (Å²) in [5.41, 5.74) is 1.64. The number of carbonyl (C=O) groups excluding carboxylic acids is 1. The number of hydrogen-bond acceptors (Lipinski definition) is 5. The molecule has 0 spiro atoms. The fourth-order valence-corrected chi connectivity index (χ4v) is 3.51. The summed E-state index contributed by atoms with van der Waals surface area (Å²) in [7, 11) is 0. The first-order chi connectivity index (χ1) is 11.8. The molecule has 1 aromatic heterocycles. The number of hydrogen-bond donors (Lipinski definition) is 0. The lowest BCUT2D eigenvalue weighted by atomic mass is 10.0. The van der Waals surface area contributed by atoms with Gasteiger partial charge in [0.25, 0.3) is 0 Å². The van der Waals surface area contributed by atoms with Crippen LogP contribution in [0.15, 0.2) is 12.1 Å². The summed E-state index contributed by atoms with van der Waals surface area (Å²) in [5, 5.41) is 0. The Labute approximate surface area is 150 Å². The number of amides is 1. The zero-order chi connectivity index (χ0) is 18.0. The highest BCUT2D eigenvalue weighted by atomic mass is 16.6. The molecule has 6 nitrogen and oxygen atoms in total. The van der Waals surface area contributed by atoms with Crippen molar-refractivity contribution in [1.82, 2.24) is 9.88 Å². The number of carbonyl (C=O) groups is 1. The van der Waals surface area contributed by atoms with Gasteiger partial charge in [-0.25, -0.2) is 9.78 Å². The van der Waals surface area contributed by atoms with E-state index in [2.05, 4.69) is 17.0 Å². The highest BCUT2D eigenvalue weighted by molar-refractivity contribution is 5.69. The van der Waals surface area contributed by atoms with Crippen molar-refractivity contribution in [3.8, 4) is 0 Å². The van der Waals surface area contributed by atoms with Gasteiger partial charge in [0, 0.05) is 25.3 Å². The summed E-state index contributed by atoms with van der Waals surface area (Å²) in [6, 6.07) is 4.25. The van der Waals surface area contributed by atoms with Crippen LogP contribution in [0.25, 0.3) is 0 Å². The summed E-state index contributed by atoms with van der Waals surface area (Å²) in [5.74, 6) is 0.992. The molecule has 6 heteroatoms. The Bertz CT molecular complexity index is 621. The van der Waals surface area contributed by atoms with Gasteiger partial charge in [0.1, 0.15) is 11.4 Å². The van der Waals surface area contributed by atoms with Crippen molar-refractivity contribution in [2.75, 3.05) is 37.7 Å². The Hall–Kier alpha value is -1.82. The first-order valence-corrected chi connectivity index (χ1v) is 9.15. The zero-order valence-electron chi connectivity index (χ0n) is 15.7. The lowest BCUT2D eigenvalue weighted by molar-refractivity contribution is 0.0224. The Kier molecular flexibility index (Phi) is 5.18. The molecule has 2 aliphatic heterocycles. The molecule has 2 fully saturated rings. The van der Waals surface area contributed by atoms with Crippen molar-refractivity contribution >= 4 is 11.9 Å². The molecule has 0 unspecified atom stereocenters. The molecular weight excluding hydrogens is 318 g/mol. The highest BCUT2D eigenvalue weighted by Crippen LogP contribution is 2.35. The quantitative estimate of drug-likeness (QED) is 0.822. The molecule has 3 heterocycles. The number of aryl methyl sites for hydroxylation is 1. The second kappa shape index (κ2) is 7.20. The number of nitrogens with zero attached hydrogens (tertiary/aromatic N) is 3. The zero-order valence-corrected chi connectivity index (χ0v) is 15.7. The average molecular weight is 347 g/mol. The molecule has 0 saturated carbocycles. The molecule has 1 amide bonds. The van der Waals surface area contributed by atoms with Gasteiger partial charge in [0.15, 0.2) is 0 Å². The molecule has 1 atom stereocenters. The summed E-state index contributed by atoms with van der Waals surface area (Å²) >= 11 is 0. The van der Waals surface area contributed by atoms with Gasteiger partial charge in [-0.3, -0.25) is 0 Å². The Balaban J connectivity index is 1.77. The number of likely N-dealkylation sites (tertiary alicyclic amines) is 1. The van der Waals surface area contributed by atoms with E-state index in [1.807, 2.05) is 32.6 Å². The minimum Gasteiger partial charge on any atom is -0.444 e. The molecule has 1 aromatic rings. The van der Waals surface area contributed by atoms with Gasteiger partial charge in [-0.05, 0) is 52.2 Å². The van der Waals surface area contributed by atoms with Crippen LogP contribution in [0.4, 0.5) is 10.6 Å². The fraction of sp³-hybridized carbons (Fsp3) is 0.684. The van der Waals surface area contributed by atoms with Crippen molar-refractivity contribution < 1.29 is 14.3 Å². The minimum atomic E-state index is -0.474. The summed E-state index contributed by atoms with van der Waals surface area (Å²) < 4.78 is 11.0. The molecule has 2 saturated heterocycles. The predicted molar refractivity (Wildman–Crippen MR) is 96.9 cm³/mol. The van der Waals surface area contributed by atoms with Crippen LogP contribution in [0.2, 0.25) is 0 Å². The standard InChI is InChI=1S/C19H29N3O3/c1-14-15(7-8-17(20-14)21-10-12-24-13-11-21)16-6-5-9-22(16)18(23)25-19(2,3)4/h7-8,16H,5-6,9-13H2,1-4H3/t16-/m0/s1. The Morgan fingerprint density at radius 1 is 1.24 bits per heavy atom. The maximum Gasteiger partial charge on any atom is 0.410 e. The van der Waals surface area contributed by atoms with Crippen LogP contribution in [-0.4, -0.2) is 54.4 Å². The van der Waals surface area contributed by atoms with E-state index in [1.54, 1.807) is 0 Å². The molecule has 0 bridgehead atoms. The smallest absolute Gasteiger partial charge is 0.410 e. The number of ether oxygens (including phenoxy) is 2. The largest absolute Gasteiger partial charge is 0.444 e. The third kappa shape index (κ3) is 4.24. The Morgan fingerprint density at radius 3 is 2.60 bits per heavy atom. The van der Waals surface area contributed by atoms with E-state index >= 15 is 0 Å². The molecule has 0 N–H and O–H groups in total. The molecule has 0 aliphatic carbocycles. The van der Waals surface area contributed by atoms with E-state index in [4.69, 9.17) is 14.5 Å². The van der Waals surface area contributed by atoms with Crippen LogP contribution in [0.1, 0.15) is 50.9 Å².